The second-order valence-electron chi connectivity index (χ2n) is 3.73. The van der Waals surface area contributed by atoms with E-state index in [1.165, 1.54) is 18.4 Å². The van der Waals surface area contributed by atoms with Crippen molar-refractivity contribution in [3.63, 3.8) is 0 Å². The summed E-state index contributed by atoms with van der Waals surface area (Å²) in [6.45, 7) is 0. The summed E-state index contributed by atoms with van der Waals surface area (Å²) in [4.78, 5) is 23.5. The Bertz CT molecular complexity index is 622. The van der Waals surface area contributed by atoms with Crippen LogP contribution in [0.15, 0.2) is 35.7 Å². The minimum Gasteiger partial charge on any atom is -0.465 e. The van der Waals surface area contributed by atoms with E-state index in [2.05, 4.69) is 10.1 Å². The van der Waals surface area contributed by atoms with Crippen molar-refractivity contribution in [2.45, 2.75) is 0 Å². The molecular weight excluding hydrogens is 264 g/mol. The van der Waals surface area contributed by atoms with Gasteiger partial charge in [-0.15, -0.1) is 11.3 Å². The monoisotopic (exact) mass is 276 g/mol. The Morgan fingerprint density at radius 1 is 1.32 bits per heavy atom. The predicted octanol–water partition coefficient (Wildman–Crippen LogP) is 2.37. The number of benzene rings is 1. The normalized spacial score (nSPS) is 9.95. The van der Waals surface area contributed by atoms with E-state index in [1.807, 2.05) is 0 Å². The molecule has 98 valence electrons. The summed E-state index contributed by atoms with van der Waals surface area (Å²) in [5, 5.41) is 4.84. The first-order chi connectivity index (χ1) is 9.11. The highest BCUT2D eigenvalue weighted by atomic mass is 32.1. The fraction of sp³-hybridized carbons (Fsp3) is 0.0769. The number of nitrogens with one attached hydrogen (secondary N) is 1. The third kappa shape index (κ3) is 2.92. The molecule has 0 saturated heterocycles. The van der Waals surface area contributed by atoms with Crippen molar-refractivity contribution in [2.75, 3.05) is 18.2 Å². The van der Waals surface area contributed by atoms with Crippen LogP contribution in [0.25, 0.3) is 0 Å². The van der Waals surface area contributed by atoms with Crippen LogP contribution in [0.3, 0.4) is 0 Å². The fourth-order valence-corrected chi connectivity index (χ4v) is 2.30. The fourth-order valence-electron chi connectivity index (χ4n) is 1.53. The highest BCUT2D eigenvalue weighted by Crippen LogP contribution is 2.24. The molecule has 1 heterocycles. The van der Waals surface area contributed by atoms with E-state index < -0.39 is 5.97 Å². The lowest BCUT2D eigenvalue weighted by molar-refractivity contribution is 0.0602. The maximum Gasteiger partial charge on any atom is 0.340 e. The Labute approximate surface area is 114 Å². The molecule has 0 bridgehead atoms. The van der Waals surface area contributed by atoms with Crippen LogP contribution in [0.5, 0.6) is 0 Å². The van der Waals surface area contributed by atoms with Gasteiger partial charge in [-0.2, -0.15) is 0 Å². The van der Waals surface area contributed by atoms with Crippen molar-refractivity contribution >= 4 is 33.9 Å². The van der Waals surface area contributed by atoms with E-state index in [1.54, 1.807) is 35.7 Å². The SMILES string of the molecule is COC(=O)c1ccsc1NC(=O)c1cccc(N)c1. The first-order valence-corrected chi connectivity index (χ1v) is 6.32. The molecule has 2 rings (SSSR count). The minimum absolute atomic E-state index is 0.320. The Morgan fingerprint density at radius 2 is 2.11 bits per heavy atom. The van der Waals surface area contributed by atoms with Gasteiger partial charge in [0, 0.05) is 11.3 Å². The van der Waals surface area contributed by atoms with Gasteiger partial charge in [-0.05, 0) is 29.6 Å². The van der Waals surface area contributed by atoms with Crippen LogP contribution < -0.4 is 11.1 Å². The molecule has 0 fully saturated rings. The van der Waals surface area contributed by atoms with Crippen LogP contribution in [0.2, 0.25) is 0 Å². The summed E-state index contributed by atoms with van der Waals surface area (Å²) in [6, 6.07) is 8.21. The van der Waals surface area contributed by atoms with Crippen LogP contribution in [0.1, 0.15) is 20.7 Å². The van der Waals surface area contributed by atoms with E-state index >= 15 is 0 Å². The molecule has 0 unspecified atom stereocenters. The summed E-state index contributed by atoms with van der Waals surface area (Å²) < 4.78 is 4.64. The standard InChI is InChI=1S/C13H12N2O3S/c1-18-13(17)10-5-6-19-12(10)15-11(16)8-3-2-4-9(14)7-8/h2-7H,14H2,1H3,(H,15,16). The molecular formula is C13H12N2O3S. The van der Waals surface area contributed by atoms with Gasteiger partial charge in [-0.1, -0.05) is 6.07 Å². The number of anilines is 2. The largest absolute Gasteiger partial charge is 0.465 e. The van der Waals surface area contributed by atoms with Crippen LogP contribution >= 0.6 is 11.3 Å². The smallest absolute Gasteiger partial charge is 0.340 e. The van der Waals surface area contributed by atoms with E-state index in [0.29, 0.717) is 21.8 Å². The van der Waals surface area contributed by atoms with Crippen LogP contribution in [0, 0.1) is 0 Å². The number of carbonyl (C=O) groups excluding carboxylic acids is 2. The van der Waals surface area contributed by atoms with Gasteiger partial charge < -0.3 is 15.8 Å². The summed E-state index contributed by atoms with van der Waals surface area (Å²) >= 11 is 1.26. The molecule has 0 atom stereocenters. The molecule has 5 nitrogen and oxygen atoms in total. The number of esters is 1. The number of methoxy groups -OCH3 is 1. The lowest BCUT2D eigenvalue weighted by Crippen LogP contribution is -2.13. The second kappa shape index (κ2) is 5.53. The Balaban J connectivity index is 2.20. The van der Waals surface area contributed by atoms with E-state index in [9.17, 15) is 9.59 Å². The van der Waals surface area contributed by atoms with Crippen molar-refractivity contribution in [1.29, 1.82) is 0 Å². The van der Waals surface area contributed by atoms with Gasteiger partial charge in [0.05, 0.1) is 12.7 Å². The van der Waals surface area contributed by atoms with E-state index in [0.717, 1.165) is 0 Å². The second-order valence-corrected chi connectivity index (χ2v) is 4.65. The molecule has 2 aromatic rings. The Kier molecular flexibility index (Phi) is 3.82. The lowest BCUT2D eigenvalue weighted by Gasteiger charge is -2.05. The average molecular weight is 276 g/mol. The molecule has 1 aromatic carbocycles. The molecule has 0 spiro atoms. The van der Waals surface area contributed by atoms with Crippen LogP contribution in [0.4, 0.5) is 10.7 Å². The maximum absolute atomic E-state index is 12.0. The predicted molar refractivity (Wildman–Crippen MR) is 74.5 cm³/mol. The number of hydrogen-bond acceptors (Lipinski definition) is 5. The van der Waals surface area contributed by atoms with Gasteiger partial charge in [-0.3, -0.25) is 4.79 Å². The van der Waals surface area contributed by atoms with Gasteiger partial charge >= 0.3 is 5.97 Å². The molecule has 19 heavy (non-hydrogen) atoms. The number of amides is 1. The first kappa shape index (κ1) is 13.1. The number of rotatable bonds is 3. The summed E-state index contributed by atoms with van der Waals surface area (Å²) in [5.74, 6) is -0.802. The molecule has 6 heteroatoms. The van der Waals surface area contributed by atoms with Crippen molar-refractivity contribution in [2.24, 2.45) is 0 Å². The highest BCUT2D eigenvalue weighted by Gasteiger charge is 2.16. The van der Waals surface area contributed by atoms with Crippen molar-refractivity contribution in [3.8, 4) is 0 Å². The first-order valence-electron chi connectivity index (χ1n) is 5.44. The third-order valence-corrected chi connectivity index (χ3v) is 3.28. The van der Waals surface area contributed by atoms with Crippen molar-refractivity contribution in [3.05, 3.63) is 46.8 Å². The van der Waals surface area contributed by atoms with E-state index in [4.69, 9.17) is 5.73 Å². The van der Waals surface area contributed by atoms with Gasteiger partial charge in [0.1, 0.15) is 5.00 Å². The highest BCUT2D eigenvalue weighted by molar-refractivity contribution is 7.14. The Hall–Kier alpha value is -2.34. The lowest BCUT2D eigenvalue weighted by atomic mass is 10.2. The maximum atomic E-state index is 12.0. The summed E-state index contributed by atoms with van der Waals surface area (Å²) in [7, 11) is 1.30. The average Bonchev–Trinajstić information content (AvgIpc) is 2.86. The quantitative estimate of drug-likeness (QED) is 0.666. The number of ether oxygens (including phenoxy) is 1. The van der Waals surface area contributed by atoms with E-state index in [-0.39, 0.29) is 5.91 Å². The molecule has 1 amide bonds. The molecule has 0 radical (unpaired) electrons. The number of carbonyl (C=O) groups is 2. The molecule has 0 aliphatic carbocycles. The number of thiophene rings is 1. The minimum atomic E-state index is -0.482. The molecule has 3 N–H and O–H groups in total. The third-order valence-electron chi connectivity index (χ3n) is 2.45. The topological polar surface area (TPSA) is 81.4 Å². The molecule has 0 saturated carbocycles. The summed E-state index contributed by atoms with van der Waals surface area (Å²) in [5.41, 5.74) is 6.90. The number of nitrogen functional groups attached to an aromatic ring is 1. The zero-order valence-corrected chi connectivity index (χ0v) is 11.0. The Morgan fingerprint density at radius 3 is 2.79 bits per heavy atom. The van der Waals surface area contributed by atoms with Gasteiger partial charge in [0.25, 0.3) is 5.91 Å². The van der Waals surface area contributed by atoms with Gasteiger partial charge in [0.15, 0.2) is 0 Å². The van der Waals surface area contributed by atoms with Crippen molar-refractivity contribution in [1.82, 2.24) is 0 Å². The molecule has 1 aromatic heterocycles. The van der Waals surface area contributed by atoms with Crippen molar-refractivity contribution < 1.29 is 14.3 Å². The zero-order chi connectivity index (χ0) is 13.8. The van der Waals surface area contributed by atoms with Crippen LogP contribution in [-0.2, 0) is 4.74 Å². The number of hydrogen-bond donors (Lipinski definition) is 2. The van der Waals surface area contributed by atoms with Crippen LogP contribution in [-0.4, -0.2) is 19.0 Å². The number of nitrogens with two attached hydrogens (primary N) is 1. The van der Waals surface area contributed by atoms with Gasteiger partial charge in [0.2, 0.25) is 0 Å². The molecule has 0 aliphatic rings. The summed E-state index contributed by atoms with van der Waals surface area (Å²) in [6.07, 6.45) is 0. The van der Waals surface area contributed by atoms with Gasteiger partial charge in [-0.25, -0.2) is 4.79 Å². The molecule has 0 aliphatic heterocycles. The zero-order valence-electron chi connectivity index (χ0n) is 10.2.